The van der Waals surface area contributed by atoms with Crippen LogP contribution in [0.2, 0.25) is 0 Å². The summed E-state index contributed by atoms with van der Waals surface area (Å²) in [6.45, 7) is 4.23. The van der Waals surface area contributed by atoms with Crippen LogP contribution in [0.3, 0.4) is 0 Å². The van der Waals surface area contributed by atoms with Crippen LogP contribution in [0.25, 0.3) is 0 Å². The largest absolute Gasteiger partial charge is 0.497 e. The third-order valence-electron chi connectivity index (χ3n) is 6.00. The molecule has 1 atom stereocenters. The highest BCUT2D eigenvalue weighted by molar-refractivity contribution is 5.97. The molecule has 3 saturated heterocycles. The second-order valence-corrected chi connectivity index (χ2v) is 7.99. The number of carbonyl (C=O) groups is 2. The summed E-state index contributed by atoms with van der Waals surface area (Å²) in [5, 5.41) is 0. The average molecular weight is 404 g/mol. The van der Waals surface area contributed by atoms with Crippen molar-refractivity contribution in [1.82, 2.24) is 9.80 Å². The van der Waals surface area contributed by atoms with Crippen molar-refractivity contribution >= 4 is 11.8 Å². The first-order valence-corrected chi connectivity index (χ1v) is 10.0. The Labute approximate surface area is 170 Å². The number of ether oxygens (including phenoxy) is 4. The van der Waals surface area contributed by atoms with E-state index in [0.717, 1.165) is 6.42 Å². The van der Waals surface area contributed by atoms with Crippen LogP contribution in [0.5, 0.6) is 11.5 Å². The van der Waals surface area contributed by atoms with Crippen molar-refractivity contribution in [2.45, 2.75) is 18.4 Å². The van der Waals surface area contributed by atoms with Crippen molar-refractivity contribution in [1.29, 1.82) is 0 Å². The number of benzene rings is 1. The molecular weight excluding hydrogens is 376 g/mol. The van der Waals surface area contributed by atoms with Gasteiger partial charge in [0.05, 0.1) is 52.7 Å². The van der Waals surface area contributed by atoms with Gasteiger partial charge in [-0.25, -0.2) is 0 Å². The minimum absolute atomic E-state index is 0.0772. The Morgan fingerprint density at radius 2 is 1.90 bits per heavy atom. The maximum Gasteiger partial charge on any atom is 0.257 e. The molecular formula is C21H28N2O6. The van der Waals surface area contributed by atoms with Gasteiger partial charge in [0.2, 0.25) is 5.91 Å². The molecule has 0 bridgehead atoms. The molecule has 3 fully saturated rings. The predicted octanol–water partition coefficient (Wildman–Crippen LogP) is 1.18. The van der Waals surface area contributed by atoms with Gasteiger partial charge in [-0.2, -0.15) is 0 Å². The highest BCUT2D eigenvalue weighted by Gasteiger charge is 2.51. The van der Waals surface area contributed by atoms with Crippen LogP contribution in [0, 0.1) is 5.92 Å². The van der Waals surface area contributed by atoms with Crippen molar-refractivity contribution in [3.8, 4) is 11.5 Å². The number of rotatable bonds is 5. The van der Waals surface area contributed by atoms with Gasteiger partial charge in [-0.05, 0) is 24.5 Å². The summed E-state index contributed by atoms with van der Waals surface area (Å²) in [5.74, 6) is 1.45. The third kappa shape index (κ3) is 4.04. The smallest absolute Gasteiger partial charge is 0.257 e. The quantitative estimate of drug-likeness (QED) is 0.734. The molecule has 0 saturated carbocycles. The van der Waals surface area contributed by atoms with Crippen molar-refractivity contribution in [3.05, 3.63) is 23.8 Å². The summed E-state index contributed by atoms with van der Waals surface area (Å²) in [4.78, 5) is 29.0. The molecule has 0 aromatic heterocycles. The number of methoxy groups -OCH3 is 2. The molecule has 3 aliphatic rings. The normalized spacial score (nSPS) is 23.0. The molecule has 2 amide bonds. The van der Waals surface area contributed by atoms with E-state index in [1.54, 1.807) is 37.3 Å². The van der Waals surface area contributed by atoms with E-state index in [2.05, 4.69) is 0 Å². The fourth-order valence-corrected chi connectivity index (χ4v) is 4.42. The fourth-order valence-electron chi connectivity index (χ4n) is 4.42. The zero-order valence-corrected chi connectivity index (χ0v) is 17.0. The van der Waals surface area contributed by atoms with Crippen LogP contribution in [0.1, 0.15) is 23.2 Å². The lowest BCUT2D eigenvalue weighted by atomic mass is 9.85. The van der Waals surface area contributed by atoms with E-state index in [0.29, 0.717) is 69.5 Å². The summed E-state index contributed by atoms with van der Waals surface area (Å²) < 4.78 is 21.9. The number of amides is 2. The lowest BCUT2D eigenvalue weighted by Gasteiger charge is -2.47. The first-order chi connectivity index (χ1) is 14.0. The van der Waals surface area contributed by atoms with E-state index in [-0.39, 0.29) is 23.3 Å². The molecule has 0 radical (unpaired) electrons. The molecule has 0 N–H and O–H groups in total. The minimum atomic E-state index is -0.314. The standard InChI is InChI=1S/C21H28N2O6/c1-26-16-3-4-17(18(10-16)27-2)20(25)23-13-21(14-23)11-15(12-29-21)9-19(24)22-5-7-28-8-6-22/h3-4,10,15H,5-9,11-14H2,1-2H3. The van der Waals surface area contributed by atoms with Gasteiger partial charge in [0.1, 0.15) is 17.1 Å². The summed E-state index contributed by atoms with van der Waals surface area (Å²) in [6, 6.07) is 5.19. The maximum atomic E-state index is 12.9. The molecule has 8 heteroatoms. The highest BCUT2D eigenvalue weighted by Crippen LogP contribution is 2.40. The van der Waals surface area contributed by atoms with Gasteiger partial charge in [0.15, 0.2) is 0 Å². The Hall–Kier alpha value is -2.32. The van der Waals surface area contributed by atoms with Crippen molar-refractivity contribution in [2.24, 2.45) is 5.92 Å². The van der Waals surface area contributed by atoms with E-state index >= 15 is 0 Å². The minimum Gasteiger partial charge on any atom is -0.497 e. The van der Waals surface area contributed by atoms with Crippen molar-refractivity contribution in [3.63, 3.8) is 0 Å². The Bertz CT molecular complexity index is 770. The highest BCUT2D eigenvalue weighted by atomic mass is 16.5. The molecule has 3 heterocycles. The Kier molecular flexibility index (Phi) is 5.65. The molecule has 3 aliphatic heterocycles. The zero-order valence-electron chi connectivity index (χ0n) is 17.0. The van der Waals surface area contributed by atoms with Gasteiger partial charge in [-0.15, -0.1) is 0 Å². The van der Waals surface area contributed by atoms with Gasteiger partial charge in [0, 0.05) is 25.6 Å². The molecule has 0 aliphatic carbocycles. The second kappa shape index (κ2) is 8.20. The maximum absolute atomic E-state index is 12.9. The molecule has 1 aromatic carbocycles. The summed E-state index contributed by atoms with van der Waals surface area (Å²) in [5.41, 5.74) is 0.200. The van der Waals surface area contributed by atoms with Crippen molar-refractivity contribution < 1.29 is 28.5 Å². The number of likely N-dealkylation sites (tertiary alicyclic amines) is 1. The Morgan fingerprint density at radius 1 is 1.14 bits per heavy atom. The van der Waals surface area contributed by atoms with Crippen molar-refractivity contribution in [2.75, 3.05) is 60.2 Å². The van der Waals surface area contributed by atoms with E-state index in [1.807, 2.05) is 4.90 Å². The average Bonchev–Trinajstić information content (AvgIpc) is 3.16. The molecule has 4 rings (SSSR count). The van der Waals surface area contributed by atoms with Crippen LogP contribution in [0.15, 0.2) is 18.2 Å². The van der Waals surface area contributed by atoms with Crippen LogP contribution in [-0.4, -0.2) is 87.4 Å². The van der Waals surface area contributed by atoms with E-state index in [4.69, 9.17) is 18.9 Å². The summed E-state index contributed by atoms with van der Waals surface area (Å²) in [6.07, 6.45) is 1.31. The van der Waals surface area contributed by atoms with E-state index in [1.165, 1.54) is 0 Å². The number of hydrogen-bond acceptors (Lipinski definition) is 6. The summed E-state index contributed by atoms with van der Waals surface area (Å²) >= 11 is 0. The van der Waals surface area contributed by atoms with Crippen LogP contribution < -0.4 is 9.47 Å². The molecule has 1 spiro atoms. The molecule has 1 unspecified atom stereocenters. The van der Waals surface area contributed by atoms with Crippen LogP contribution >= 0.6 is 0 Å². The second-order valence-electron chi connectivity index (χ2n) is 7.99. The number of morpholine rings is 1. The Morgan fingerprint density at radius 3 is 2.59 bits per heavy atom. The van der Waals surface area contributed by atoms with E-state index in [9.17, 15) is 9.59 Å². The third-order valence-corrected chi connectivity index (χ3v) is 6.00. The first kappa shape index (κ1) is 20.0. The molecule has 158 valence electrons. The Balaban J connectivity index is 1.31. The van der Waals surface area contributed by atoms with E-state index < -0.39 is 0 Å². The molecule has 8 nitrogen and oxygen atoms in total. The number of nitrogens with zero attached hydrogens (tertiary/aromatic N) is 2. The van der Waals surface area contributed by atoms with Gasteiger partial charge in [0.25, 0.3) is 5.91 Å². The van der Waals surface area contributed by atoms with Crippen LogP contribution in [-0.2, 0) is 14.3 Å². The van der Waals surface area contributed by atoms with Gasteiger partial charge in [-0.1, -0.05) is 0 Å². The monoisotopic (exact) mass is 404 g/mol. The first-order valence-electron chi connectivity index (χ1n) is 10.0. The fraction of sp³-hybridized carbons (Fsp3) is 0.619. The predicted molar refractivity (Wildman–Crippen MR) is 104 cm³/mol. The van der Waals surface area contributed by atoms with Gasteiger partial charge in [-0.3, -0.25) is 9.59 Å². The van der Waals surface area contributed by atoms with Gasteiger partial charge < -0.3 is 28.7 Å². The number of hydrogen-bond donors (Lipinski definition) is 0. The number of carbonyl (C=O) groups excluding carboxylic acids is 2. The molecule has 29 heavy (non-hydrogen) atoms. The zero-order chi connectivity index (χ0) is 20.4. The SMILES string of the molecule is COc1ccc(C(=O)N2CC3(CC(CC(=O)N4CCOCC4)CO3)C2)c(OC)c1. The molecule has 1 aromatic rings. The lowest BCUT2D eigenvalue weighted by Crippen LogP contribution is -2.63. The van der Waals surface area contributed by atoms with Crippen LogP contribution in [0.4, 0.5) is 0 Å². The lowest BCUT2D eigenvalue weighted by molar-refractivity contribution is -0.136. The van der Waals surface area contributed by atoms with Gasteiger partial charge >= 0.3 is 0 Å². The summed E-state index contributed by atoms with van der Waals surface area (Å²) in [7, 11) is 3.12. The topological polar surface area (TPSA) is 77.5 Å².